The molecule has 4 heterocycles. The highest BCUT2D eigenvalue weighted by atomic mass is 16.5. The third-order valence-electron chi connectivity index (χ3n) is 8.37. The Bertz CT molecular complexity index is 1560. The van der Waals surface area contributed by atoms with Crippen LogP contribution in [0.25, 0.3) is 0 Å². The maximum Gasteiger partial charge on any atom is 0.264 e. The highest BCUT2D eigenvalue weighted by Crippen LogP contribution is 2.30. The summed E-state index contributed by atoms with van der Waals surface area (Å²) in [6.07, 6.45) is 12.8. The van der Waals surface area contributed by atoms with Gasteiger partial charge in [0.15, 0.2) is 6.61 Å². The van der Waals surface area contributed by atoms with Gasteiger partial charge in [0.2, 0.25) is 0 Å². The van der Waals surface area contributed by atoms with Crippen LogP contribution >= 0.6 is 0 Å². The van der Waals surface area contributed by atoms with Crippen LogP contribution in [0.15, 0.2) is 128 Å². The molecule has 51 heavy (non-hydrogen) atoms. The van der Waals surface area contributed by atoms with Crippen molar-refractivity contribution in [3.63, 3.8) is 0 Å². The molecule has 1 amide bonds. The zero-order valence-corrected chi connectivity index (χ0v) is 31.4. The first-order chi connectivity index (χ1) is 24.7. The van der Waals surface area contributed by atoms with E-state index >= 15 is 0 Å². The molecular weight excluding hydrogens is 633 g/mol. The summed E-state index contributed by atoms with van der Waals surface area (Å²) in [7, 11) is 3.84. The van der Waals surface area contributed by atoms with Crippen LogP contribution < -0.4 is 19.3 Å². The summed E-state index contributed by atoms with van der Waals surface area (Å²) in [5.41, 5.74) is 5.64. The van der Waals surface area contributed by atoms with Crippen LogP contribution in [0.5, 0.6) is 11.5 Å². The second kappa shape index (κ2) is 23.3. The van der Waals surface area contributed by atoms with Crippen molar-refractivity contribution in [2.45, 2.75) is 59.8 Å². The van der Waals surface area contributed by atoms with Gasteiger partial charge in [0.25, 0.3) is 5.91 Å². The number of rotatable bonds is 0. The van der Waals surface area contributed by atoms with Gasteiger partial charge in [-0.25, -0.2) is 0 Å². The molecule has 3 aliphatic rings. The van der Waals surface area contributed by atoms with E-state index in [1.165, 1.54) is 48.9 Å². The van der Waals surface area contributed by atoms with Crippen LogP contribution in [0.4, 0.5) is 11.4 Å². The summed E-state index contributed by atoms with van der Waals surface area (Å²) >= 11 is 0. The zero-order valence-electron chi connectivity index (χ0n) is 31.4. The molecule has 2 aromatic heterocycles. The van der Waals surface area contributed by atoms with E-state index < -0.39 is 0 Å². The number of fused-ring (bicyclic) bond motifs is 2. The fraction of sp³-hybridized carbons (Fsp3) is 0.341. The highest BCUT2D eigenvalue weighted by molar-refractivity contribution is 5.97. The number of carbonyl (C=O) groups is 1. The summed E-state index contributed by atoms with van der Waals surface area (Å²) in [6, 6.07) is 35.7. The maximum atomic E-state index is 11.2. The third kappa shape index (κ3) is 15.9. The Kier molecular flexibility index (Phi) is 18.4. The van der Waals surface area contributed by atoms with Crippen LogP contribution in [0.3, 0.4) is 0 Å². The average molecular weight is 689 g/mol. The van der Waals surface area contributed by atoms with Crippen LogP contribution in [0.2, 0.25) is 0 Å². The molecule has 1 saturated carbocycles. The Morgan fingerprint density at radius 3 is 1.73 bits per heavy atom. The number of benzene rings is 3. The largest absolute Gasteiger partial charge is 0.490 e. The summed E-state index contributed by atoms with van der Waals surface area (Å²) in [5.74, 6) is 2.81. The second-order valence-corrected chi connectivity index (χ2v) is 12.8. The Morgan fingerprint density at radius 2 is 1.25 bits per heavy atom. The average Bonchev–Trinajstić information content (AvgIpc) is 3.16. The molecule has 1 fully saturated rings. The summed E-state index contributed by atoms with van der Waals surface area (Å²) in [4.78, 5) is 22.8. The topological polar surface area (TPSA) is 67.8 Å². The van der Waals surface area contributed by atoms with Crippen molar-refractivity contribution >= 4 is 17.3 Å². The molecule has 5 aromatic rings. The minimum absolute atomic E-state index is 0.00583. The molecular formula is C44H56N4O3. The van der Waals surface area contributed by atoms with Crippen LogP contribution in [-0.2, 0) is 4.79 Å². The number of amides is 1. The summed E-state index contributed by atoms with van der Waals surface area (Å²) < 4.78 is 10.7. The molecule has 0 bridgehead atoms. The van der Waals surface area contributed by atoms with Crippen molar-refractivity contribution in [2.75, 3.05) is 43.7 Å². The van der Waals surface area contributed by atoms with Crippen LogP contribution in [-0.4, -0.2) is 49.7 Å². The van der Waals surface area contributed by atoms with Gasteiger partial charge in [-0.1, -0.05) is 111 Å². The second-order valence-electron chi connectivity index (χ2n) is 12.8. The van der Waals surface area contributed by atoms with Gasteiger partial charge >= 0.3 is 0 Å². The van der Waals surface area contributed by atoms with Crippen molar-refractivity contribution in [1.82, 2.24) is 9.97 Å². The fourth-order valence-electron chi connectivity index (χ4n) is 5.27. The van der Waals surface area contributed by atoms with Gasteiger partial charge < -0.3 is 19.3 Å². The number of pyridine rings is 2. The number of ether oxygens (including phenoxy) is 2. The smallest absolute Gasteiger partial charge is 0.264 e. The van der Waals surface area contributed by atoms with Gasteiger partial charge in [0, 0.05) is 38.4 Å². The number of likely N-dealkylation sites (N-methyl/N-ethyl adjacent to an activating group) is 2. The molecule has 0 atom stereocenters. The monoisotopic (exact) mass is 688 g/mol. The van der Waals surface area contributed by atoms with E-state index in [0.717, 1.165) is 41.9 Å². The molecule has 270 valence electrons. The van der Waals surface area contributed by atoms with Crippen LogP contribution in [0, 0.1) is 26.7 Å². The highest BCUT2D eigenvalue weighted by Gasteiger charge is 2.20. The minimum atomic E-state index is -0.00583. The number of nitrogens with zero attached hydrogens (tertiary/aromatic N) is 4. The minimum Gasteiger partial charge on any atom is -0.490 e. The van der Waals surface area contributed by atoms with E-state index in [1.807, 2.05) is 111 Å². The molecule has 0 N–H and O–H groups in total. The molecule has 8 rings (SSSR count). The summed E-state index contributed by atoms with van der Waals surface area (Å²) in [6.45, 7) is 10.4. The lowest BCUT2D eigenvalue weighted by Gasteiger charge is -2.27. The third-order valence-corrected chi connectivity index (χ3v) is 8.37. The number of hydrogen-bond donors (Lipinski definition) is 0. The normalized spacial score (nSPS) is 14.0. The zero-order chi connectivity index (χ0) is 36.7. The van der Waals surface area contributed by atoms with Crippen LogP contribution in [0.1, 0.15) is 55.8 Å². The Morgan fingerprint density at radius 1 is 0.647 bits per heavy atom. The van der Waals surface area contributed by atoms with Crippen molar-refractivity contribution in [1.29, 1.82) is 0 Å². The van der Waals surface area contributed by atoms with Crippen molar-refractivity contribution in [2.24, 2.45) is 5.92 Å². The Hall–Kier alpha value is -5.17. The summed E-state index contributed by atoms with van der Waals surface area (Å²) in [5, 5.41) is 0. The van der Waals surface area contributed by atoms with E-state index in [-0.39, 0.29) is 12.5 Å². The molecule has 0 saturated heterocycles. The van der Waals surface area contributed by atoms with Crippen molar-refractivity contribution in [3.8, 4) is 11.5 Å². The maximum absolute atomic E-state index is 11.2. The van der Waals surface area contributed by atoms with Gasteiger partial charge in [-0.3, -0.25) is 14.8 Å². The Balaban J connectivity index is 0.000000168. The first-order valence-corrected chi connectivity index (χ1v) is 17.9. The predicted octanol–water partition coefficient (Wildman–Crippen LogP) is 9.92. The number of para-hydroxylation sites is 4. The predicted molar refractivity (Wildman–Crippen MR) is 212 cm³/mol. The molecule has 2 aliphatic heterocycles. The first kappa shape index (κ1) is 40.3. The standard InChI is InChI=1S/C9H9NO2.C9H11NO.C7H14.C7H8.2C6H7N/c1-10-7-4-2-3-5-8(7)12-6-9(10)11;1-10-6-7-11-9-5-3-2-4-8(9)10;2*1-7-5-3-2-4-6-7;1-6-3-2-4-7-5-6;1-6-4-2-3-5-7-6/h2-5H,6H2,1H3;2-5H,6-7H2,1H3;7H,2-6H2,1H3;2-6H,1H3;2*2-5H,1H3. The Labute approximate surface area is 306 Å². The number of aromatic nitrogens is 2. The number of anilines is 2. The SMILES string of the molecule is CC1CCCCC1.CN1C(=O)COc2ccccc21.CN1CCOc2ccccc21.Cc1ccccc1.Cc1ccccn1.Cc1cccnc1. The van der Waals surface area contributed by atoms with E-state index in [1.54, 1.807) is 24.3 Å². The molecule has 0 unspecified atom stereocenters. The van der Waals surface area contributed by atoms with Gasteiger partial charge in [-0.15, -0.1) is 0 Å². The first-order valence-electron chi connectivity index (χ1n) is 17.9. The lowest BCUT2D eigenvalue weighted by Crippen LogP contribution is -2.35. The van der Waals surface area contributed by atoms with Gasteiger partial charge in [-0.2, -0.15) is 0 Å². The van der Waals surface area contributed by atoms with Gasteiger partial charge in [-0.05, 0) is 74.7 Å². The van der Waals surface area contributed by atoms with E-state index in [2.05, 4.69) is 54.0 Å². The van der Waals surface area contributed by atoms with Gasteiger partial charge in [0.1, 0.15) is 18.1 Å². The molecule has 1 aliphatic carbocycles. The van der Waals surface area contributed by atoms with E-state index in [9.17, 15) is 4.79 Å². The molecule has 0 spiro atoms. The molecule has 3 aromatic carbocycles. The number of aryl methyl sites for hydroxylation is 3. The molecule has 7 nitrogen and oxygen atoms in total. The molecule has 0 radical (unpaired) electrons. The van der Waals surface area contributed by atoms with Crippen molar-refractivity contribution in [3.05, 3.63) is 145 Å². The lowest BCUT2D eigenvalue weighted by molar-refractivity contribution is -0.120. The van der Waals surface area contributed by atoms with Crippen molar-refractivity contribution < 1.29 is 14.3 Å². The van der Waals surface area contributed by atoms with Gasteiger partial charge in [0.05, 0.1) is 17.9 Å². The molecule has 7 heteroatoms. The number of hydrogen-bond acceptors (Lipinski definition) is 6. The lowest BCUT2D eigenvalue weighted by atomic mass is 9.91. The van der Waals surface area contributed by atoms with E-state index in [0.29, 0.717) is 0 Å². The van der Waals surface area contributed by atoms with E-state index in [4.69, 9.17) is 9.47 Å². The fourth-order valence-corrected chi connectivity index (χ4v) is 5.27. The number of carbonyl (C=O) groups excluding carboxylic acids is 1. The quantitative estimate of drug-likeness (QED) is 0.161.